The van der Waals surface area contributed by atoms with Crippen LogP contribution in [0.3, 0.4) is 0 Å². The molecule has 1 aliphatic carbocycles. The zero-order valence-electron chi connectivity index (χ0n) is 11.2. The molecule has 1 aromatic carbocycles. The lowest BCUT2D eigenvalue weighted by Crippen LogP contribution is -2.42. The zero-order valence-corrected chi connectivity index (χ0v) is 14.4. The highest BCUT2D eigenvalue weighted by atomic mass is 79.9. The van der Waals surface area contributed by atoms with E-state index < -0.39 is 9.84 Å². The van der Waals surface area contributed by atoms with Gasteiger partial charge in [-0.3, -0.25) is 0 Å². The summed E-state index contributed by atoms with van der Waals surface area (Å²) < 4.78 is 29.7. The van der Waals surface area contributed by atoms with E-state index >= 15 is 0 Å². The molecule has 21 heavy (non-hydrogen) atoms. The van der Waals surface area contributed by atoms with E-state index in [0.29, 0.717) is 23.7 Å². The van der Waals surface area contributed by atoms with Gasteiger partial charge in [0, 0.05) is 40.5 Å². The van der Waals surface area contributed by atoms with E-state index in [2.05, 4.69) is 20.9 Å². The SMILES string of the molecule is CS(=O)(=O)[C@H]1C[C@@H](Oc2ccc(Br)c3cc(Cl)ncc23)C1. The van der Waals surface area contributed by atoms with Crippen LogP contribution in [0.15, 0.2) is 28.9 Å². The summed E-state index contributed by atoms with van der Waals surface area (Å²) in [6.07, 6.45) is 3.96. The van der Waals surface area contributed by atoms with Gasteiger partial charge in [-0.1, -0.05) is 27.5 Å². The van der Waals surface area contributed by atoms with Crippen molar-refractivity contribution in [2.45, 2.75) is 24.2 Å². The molecule has 112 valence electrons. The second-order valence-electron chi connectivity index (χ2n) is 5.26. The highest BCUT2D eigenvalue weighted by Gasteiger charge is 2.37. The van der Waals surface area contributed by atoms with Gasteiger partial charge in [0.25, 0.3) is 0 Å². The molecule has 0 saturated heterocycles. The number of benzene rings is 1. The normalized spacial score (nSPS) is 22.0. The fourth-order valence-corrected chi connectivity index (χ4v) is 4.14. The largest absolute Gasteiger partial charge is 0.490 e. The topological polar surface area (TPSA) is 56.3 Å². The van der Waals surface area contributed by atoms with Gasteiger partial charge in [-0.25, -0.2) is 13.4 Å². The Bertz CT molecular complexity index is 803. The van der Waals surface area contributed by atoms with Crippen molar-refractivity contribution in [1.82, 2.24) is 4.98 Å². The van der Waals surface area contributed by atoms with Gasteiger partial charge in [0.05, 0.1) is 5.25 Å². The molecular weight excluding hydrogens is 378 g/mol. The summed E-state index contributed by atoms with van der Waals surface area (Å²) in [5, 5.41) is 1.92. The van der Waals surface area contributed by atoms with Crippen LogP contribution in [-0.2, 0) is 9.84 Å². The number of hydrogen-bond donors (Lipinski definition) is 0. The molecule has 0 unspecified atom stereocenters. The van der Waals surface area contributed by atoms with Crippen LogP contribution < -0.4 is 4.74 Å². The van der Waals surface area contributed by atoms with Gasteiger partial charge in [-0.05, 0) is 18.2 Å². The van der Waals surface area contributed by atoms with Crippen molar-refractivity contribution in [3.8, 4) is 5.75 Å². The van der Waals surface area contributed by atoms with E-state index in [1.807, 2.05) is 12.1 Å². The van der Waals surface area contributed by atoms with Crippen molar-refractivity contribution in [2.24, 2.45) is 0 Å². The zero-order chi connectivity index (χ0) is 15.2. The molecule has 0 N–H and O–H groups in total. The molecule has 0 spiro atoms. The highest BCUT2D eigenvalue weighted by molar-refractivity contribution is 9.10. The first-order valence-electron chi connectivity index (χ1n) is 6.44. The fraction of sp³-hybridized carbons (Fsp3) is 0.357. The first kappa shape index (κ1) is 15.1. The molecule has 0 radical (unpaired) electrons. The van der Waals surface area contributed by atoms with E-state index in [-0.39, 0.29) is 11.4 Å². The number of ether oxygens (including phenoxy) is 1. The summed E-state index contributed by atoms with van der Waals surface area (Å²) in [4.78, 5) is 4.08. The van der Waals surface area contributed by atoms with Crippen LogP contribution in [0.25, 0.3) is 10.8 Å². The molecule has 1 aliphatic rings. The van der Waals surface area contributed by atoms with Crippen LogP contribution in [0.2, 0.25) is 5.15 Å². The molecule has 0 aliphatic heterocycles. The van der Waals surface area contributed by atoms with Crippen molar-refractivity contribution >= 4 is 48.1 Å². The van der Waals surface area contributed by atoms with E-state index in [1.165, 1.54) is 6.26 Å². The number of aromatic nitrogens is 1. The van der Waals surface area contributed by atoms with Crippen molar-refractivity contribution in [1.29, 1.82) is 0 Å². The second kappa shape index (κ2) is 5.41. The van der Waals surface area contributed by atoms with Crippen molar-refractivity contribution < 1.29 is 13.2 Å². The second-order valence-corrected chi connectivity index (χ2v) is 8.83. The molecule has 1 heterocycles. The monoisotopic (exact) mass is 389 g/mol. The molecule has 0 bridgehead atoms. The smallest absolute Gasteiger partial charge is 0.150 e. The lowest BCUT2D eigenvalue weighted by atomic mass is 9.95. The van der Waals surface area contributed by atoms with Gasteiger partial charge < -0.3 is 4.74 Å². The van der Waals surface area contributed by atoms with Gasteiger partial charge in [-0.15, -0.1) is 0 Å². The number of fused-ring (bicyclic) bond motifs is 1. The predicted octanol–water partition coefficient (Wildman–Crippen LogP) is 3.61. The quantitative estimate of drug-likeness (QED) is 0.751. The van der Waals surface area contributed by atoms with Gasteiger partial charge in [0.15, 0.2) is 9.84 Å². The Morgan fingerprint density at radius 1 is 1.33 bits per heavy atom. The summed E-state index contributed by atoms with van der Waals surface area (Å²) >= 11 is 9.39. The van der Waals surface area contributed by atoms with E-state index in [1.54, 1.807) is 12.3 Å². The van der Waals surface area contributed by atoms with Crippen LogP contribution in [0, 0.1) is 0 Å². The molecule has 7 heteroatoms. The highest BCUT2D eigenvalue weighted by Crippen LogP contribution is 2.36. The van der Waals surface area contributed by atoms with Crippen LogP contribution in [0.5, 0.6) is 5.75 Å². The van der Waals surface area contributed by atoms with Gasteiger partial charge in [0.2, 0.25) is 0 Å². The molecule has 0 amide bonds. The molecule has 1 fully saturated rings. The van der Waals surface area contributed by atoms with Crippen LogP contribution >= 0.6 is 27.5 Å². The van der Waals surface area contributed by atoms with Gasteiger partial charge in [0.1, 0.15) is 17.0 Å². The van der Waals surface area contributed by atoms with Crippen molar-refractivity contribution in [3.05, 3.63) is 34.0 Å². The van der Waals surface area contributed by atoms with Crippen LogP contribution in [-0.4, -0.2) is 31.0 Å². The van der Waals surface area contributed by atoms with Gasteiger partial charge >= 0.3 is 0 Å². The van der Waals surface area contributed by atoms with E-state index in [4.69, 9.17) is 16.3 Å². The standard InChI is InChI=1S/C14H13BrClNO3S/c1-21(18,19)9-4-8(5-9)20-13-3-2-12(15)10-6-14(16)17-7-11(10)13/h2-3,6-9H,4-5H2,1H3/t8-,9+. The fourth-order valence-electron chi connectivity index (χ4n) is 2.40. The summed E-state index contributed by atoms with van der Waals surface area (Å²) in [5.74, 6) is 0.703. The Morgan fingerprint density at radius 2 is 2.05 bits per heavy atom. The lowest BCUT2D eigenvalue weighted by molar-refractivity contribution is 0.125. The number of nitrogens with zero attached hydrogens (tertiary/aromatic N) is 1. The minimum Gasteiger partial charge on any atom is -0.490 e. The van der Waals surface area contributed by atoms with Crippen molar-refractivity contribution in [2.75, 3.05) is 6.26 Å². The average molecular weight is 391 g/mol. The molecule has 2 aromatic rings. The number of rotatable bonds is 3. The Hall–Kier alpha value is -0.850. The number of sulfone groups is 1. The number of pyridine rings is 1. The number of halogens is 2. The third kappa shape index (κ3) is 3.03. The Labute approximate surface area is 136 Å². The maximum Gasteiger partial charge on any atom is 0.150 e. The van der Waals surface area contributed by atoms with E-state index in [9.17, 15) is 8.42 Å². The third-order valence-corrected chi connectivity index (χ3v) is 6.22. The summed E-state index contributed by atoms with van der Waals surface area (Å²) in [7, 11) is -2.96. The minimum absolute atomic E-state index is 0.0650. The third-order valence-electron chi connectivity index (χ3n) is 3.73. The summed E-state index contributed by atoms with van der Waals surface area (Å²) in [5.41, 5.74) is 0. The minimum atomic E-state index is -2.96. The van der Waals surface area contributed by atoms with E-state index in [0.717, 1.165) is 15.2 Å². The summed E-state index contributed by atoms with van der Waals surface area (Å²) in [6, 6.07) is 5.52. The molecule has 0 atom stereocenters. The lowest BCUT2D eigenvalue weighted by Gasteiger charge is -2.34. The summed E-state index contributed by atoms with van der Waals surface area (Å²) in [6.45, 7) is 0. The predicted molar refractivity (Wildman–Crippen MR) is 86.7 cm³/mol. The Balaban J connectivity index is 1.85. The average Bonchev–Trinajstić information content (AvgIpc) is 2.34. The first-order chi connectivity index (χ1) is 9.84. The van der Waals surface area contributed by atoms with Crippen LogP contribution in [0.1, 0.15) is 12.8 Å². The van der Waals surface area contributed by atoms with Crippen LogP contribution in [0.4, 0.5) is 0 Å². The van der Waals surface area contributed by atoms with Crippen molar-refractivity contribution in [3.63, 3.8) is 0 Å². The first-order valence-corrected chi connectivity index (χ1v) is 9.56. The molecule has 1 aromatic heterocycles. The molecule has 1 saturated carbocycles. The molecule has 4 nitrogen and oxygen atoms in total. The Morgan fingerprint density at radius 3 is 2.71 bits per heavy atom. The Kier molecular flexibility index (Phi) is 3.88. The number of hydrogen-bond acceptors (Lipinski definition) is 4. The maximum absolute atomic E-state index is 11.4. The van der Waals surface area contributed by atoms with Gasteiger partial charge in [-0.2, -0.15) is 0 Å². The maximum atomic E-state index is 11.4. The molecular formula is C14H13BrClNO3S. The molecule has 3 rings (SSSR count).